The summed E-state index contributed by atoms with van der Waals surface area (Å²) >= 11 is 0. The van der Waals surface area contributed by atoms with Crippen molar-refractivity contribution in [3.8, 4) is 0 Å². The van der Waals surface area contributed by atoms with Crippen LogP contribution in [0.3, 0.4) is 0 Å². The van der Waals surface area contributed by atoms with Gasteiger partial charge >= 0.3 is 6.09 Å². The lowest BCUT2D eigenvalue weighted by molar-refractivity contribution is 0.0236. The van der Waals surface area contributed by atoms with Crippen molar-refractivity contribution in [1.29, 1.82) is 0 Å². The van der Waals surface area contributed by atoms with Gasteiger partial charge in [-0.15, -0.1) is 0 Å². The Morgan fingerprint density at radius 1 is 1.04 bits per heavy atom. The zero-order chi connectivity index (χ0) is 20.3. The molecule has 148 valence electrons. The van der Waals surface area contributed by atoms with Gasteiger partial charge in [0.15, 0.2) is 0 Å². The van der Waals surface area contributed by atoms with E-state index < -0.39 is 11.5 Å². The Balaban J connectivity index is 1.90. The Kier molecular flexibility index (Phi) is 5.77. The maximum atomic E-state index is 13.7. The Hall–Kier alpha value is -2.76. The van der Waals surface area contributed by atoms with Crippen molar-refractivity contribution in [2.45, 2.75) is 39.2 Å². The molecule has 2 heterocycles. The number of piperidine rings is 1. The van der Waals surface area contributed by atoms with Gasteiger partial charge < -0.3 is 9.64 Å². The first-order chi connectivity index (χ1) is 13.2. The first-order valence-electron chi connectivity index (χ1n) is 9.32. The molecule has 1 saturated heterocycles. The highest BCUT2D eigenvalue weighted by Crippen LogP contribution is 2.32. The Morgan fingerprint density at radius 2 is 1.68 bits per heavy atom. The van der Waals surface area contributed by atoms with Gasteiger partial charge in [0, 0.05) is 18.7 Å². The van der Waals surface area contributed by atoms with Gasteiger partial charge in [0.2, 0.25) is 5.95 Å². The highest BCUT2D eigenvalue weighted by atomic mass is 19.1. The van der Waals surface area contributed by atoms with E-state index in [0.717, 1.165) is 16.7 Å². The molecule has 0 atom stereocenters. The lowest BCUT2D eigenvalue weighted by atomic mass is 9.91. The monoisotopic (exact) mass is 386 g/mol. The molecule has 1 aliphatic heterocycles. The normalized spacial score (nSPS) is 14.8. The minimum absolute atomic E-state index is 0.333. The number of pyridine rings is 1. The molecule has 1 aliphatic rings. The fraction of sp³-hybridized carbons (Fsp3) is 0.364. The second kappa shape index (κ2) is 8.09. The fourth-order valence-electron chi connectivity index (χ4n) is 3.23. The maximum absolute atomic E-state index is 13.7. The molecule has 1 fully saturated rings. The van der Waals surface area contributed by atoms with E-state index in [0.29, 0.717) is 31.6 Å². The first-order valence-corrected chi connectivity index (χ1v) is 9.32. The molecule has 0 saturated carbocycles. The number of carbonyl (C=O) groups is 1. The van der Waals surface area contributed by atoms with E-state index in [1.54, 1.807) is 29.2 Å². The van der Waals surface area contributed by atoms with Crippen molar-refractivity contribution < 1.29 is 18.3 Å². The average molecular weight is 386 g/mol. The highest BCUT2D eigenvalue weighted by molar-refractivity contribution is 5.81. The number of hydrogen-bond donors (Lipinski definition) is 0. The molecule has 0 spiro atoms. The van der Waals surface area contributed by atoms with Crippen LogP contribution in [0.25, 0.3) is 5.57 Å². The SMILES string of the molecule is CC(C)(C)OC(=O)N1CCC(=C(c2ccc(F)cc2)c2cccc(F)n2)CC1. The Labute approximate surface area is 163 Å². The number of ether oxygens (including phenoxy) is 1. The van der Waals surface area contributed by atoms with Gasteiger partial charge in [-0.05, 0) is 63.4 Å². The van der Waals surface area contributed by atoms with Crippen molar-refractivity contribution in [2.24, 2.45) is 0 Å². The van der Waals surface area contributed by atoms with E-state index in [2.05, 4.69) is 4.98 Å². The van der Waals surface area contributed by atoms with E-state index in [-0.39, 0.29) is 11.9 Å². The van der Waals surface area contributed by atoms with Crippen molar-refractivity contribution in [3.05, 3.63) is 71.1 Å². The van der Waals surface area contributed by atoms with Crippen molar-refractivity contribution in [1.82, 2.24) is 9.88 Å². The molecular formula is C22H24F2N2O2. The predicted molar refractivity (Wildman–Crippen MR) is 104 cm³/mol. The molecule has 28 heavy (non-hydrogen) atoms. The lowest BCUT2D eigenvalue weighted by Crippen LogP contribution is -2.40. The molecular weight excluding hydrogens is 362 g/mol. The summed E-state index contributed by atoms with van der Waals surface area (Å²) in [5.74, 6) is -0.899. The molecule has 0 unspecified atom stereocenters. The number of halogens is 2. The second-order valence-corrected chi connectivity index (χ2v) is 7.80. The molecule has 0 N–H and O–H groups in total. The summed E-state index contributed by atoms with van der Waals surface area (Å²) in [5.41, 5.74) is 2.60. The van der Waals surface area contributed by atoms with E-state index in [1.165, 1.54) is 18.2 Å². The minimum Gasteiger partial charge on any atom is -0.444 e. The summed E-state index contributed by atoms with van der Waals surface area (Å²) in [6.45, 7) is 6.52. The van der Waals surface area contributed by atoms with Gasteiger partial charge in [0.25, 0.3) is 0 Å². The lowest BCUT2D eigenvalue weighted by Gasteiger charge is -2.32. The second-order valence-electron chi connectivity index (χ2n) is 7.80. The van der Waals surface area contributed by atoms with E-state index in [1.807, 2.05) is 20.8 Å². The maximum Gasteiger partial charge on any atom is 0.410 e. The van der Waals surface area contributed by atoms with Crippen molar-refractivity contribution in [2.75, 3.05) is 13.1 Å². The highest BCUT2D eigenvalue weighted by Gasteiger charge is 2.26. The summed E-state index contributed by atoms with van der Waals surface area (Å²) in [4.78, 5) is 18.0. The quantitative estimate of drug-likeness (QED) is 0.667. The van der Waals surface area contributed by atoms with Crippen LogP contribution >= 0.6 is 0 Å². The van der Waals surface area contributed by atoms with Crippen LogP contribution in [-0.4, -0.2) is 34.7 Å². The largest absolute Gasteiger partial charge is 0.444 e. The van der Waals surface area contributed by atoms with Crippen LogP contribution in [0.2, 0.25) is 0 Å². The van der Waals surface area contributed by atoms with Crippen LogP contribution < -0.4 is 0 Å². The van der Waals surface area contributed by atoms with E-state index >= 15 is 0 Å². The third kappa shape index (κ3) is 4.94. The summed E-state index contributed by atoms with van der Waals surface area (Å²) < 4.78 is 32.6. The van der Waals surface area contributed by atoms with Crippen molar-refractivity contribution >= 4 is 11.7 Å². The molecule has 1 aromatic carbocycles. The predicted octanol–water partition coefficient (Wildman–Crippen LogP) is 5.19. The van der Waals surface area contributed by atoms with Crippen LogP contribution in [0, 0.1) is 11.8 Å². The van der Waals surface area contributed by atoms with Gasteiger partial charge in [0.1, 0.15) is 11.4 Å². The molecule has 0 bridgehead atoms. The van der Waals surface area contributed by atoms with Crippen LogP contribution in [0.15, 0.2) is 48.0 Å². The third-order valence-corrected chi connectivity index (χ3v) is 4.48. The smallest absolute Gasteiger partial charge is 0.410 e. The molecule has 1 amide bonds. The summed E-state index contributed by atoms with van der Waals surface area (Å²) in [6.07, 6.45) is 0.896. The average Bonchev–Trinajstić information content (AvgIpc) is 2.63. The number of likely N-dealkylation sites (tertiary alicyclic amines) is 1. The number of nitrogens with zero attached hydrogens (tertiary/aromatic N) is 2. The molecule has 4 nitrogen and oxygen atoms in total. The number of carbonyl (C=O) groups excluding carboxylic acids is 1. The molecule has 1 aromatic heterocycles. The van der Waals surface area contributed by atoms with Gasteiger partial charge in [-0.3, -0.25) is 0 Å². The van der Waals surface area contributed by atoms with Crippen LogP contribution in [0.5, 0.6) is 0 Å². The van der Waals surface area contributed by atoms with E-state index in [9.17, 15) is 13.6 Å². The number of amides is 1. The topological polar surface area (TPSA) is 42.4 Å². The first kappa shape index (κ1) is 20.0. The molecule has 0 aliphatic carbocycles. The molecule has 2 aromatic rings. The number of benzene rings is 1. The third-order valence-electron chi connectivity index (χ3n) is 4.48. The van der Waals surface area contributed by atoms with Crippen molar-refractivity contribution in [3.63, 3.8) is 0 Å². The molecule has 0 radical (unpaired) electrons. The zero-order valence-electron chi connectivity index (χ0n) is 16.3. The summed E-state index contributed by atoms with van der Waals surface area (Å²) in [7, 11) is 0. The Morgan fingerprint density at radius 3 is 2.25 bits per heavy atom. The number of aromatic nitrogens is 1. The van der Waals surface area contributed by atoms with E-state index in [4.69, 9.17) is 4.74 Å². The summed E-state index contributed by atoms with van der Waals surface area (Å²) in [5, 5.41) is 0. The van der Waals surface area contributed by atoms with Gasteiger partial charge in [-0.25, -0.2) is 14.2 Å². The van der Waals surface area contributed by atoms with Gasteiger partial charge in [-0.1, -0.05) is 23.8 Å². The Bertz CT molecular complexity index is 876. The standard InChI is InChI=1S/C22H24F2N2O2/c1-22(2,3)28-21(27)26-13-11-16(12-14-26)20(15-7-9-17(23)10-8-15)18-5-4-6-19(24)25-18/h4-10H,11-14H2,1-3H3. The molecule has 3 rings (SSSR count). The van der Waals surface area contributed by atoms with Gasteiger partial charge in [0.05, 0.1) is 5.69 Å². The fourth-order valence-corrected chi connectivity index (χ4v) is 3.23. The van der Waals surface area contributed by atoms with Crippen LogP contribution in [0.4, 0.5) is 13.6 Å². The zero-order valence-corrected chi connectivity index (χ0v) is 16.3. The number of rotatable bonds is 2. The minimum atomic E-state index is -0.566. The van der Waals surface area contributed by atoms with Gasteiger partial charge in [-0.2, -0.15) is 4.39 Å². The van der Waals surface area contributed by atoms with Crippen LogP contribution in [0.1, 0.15) is 44.9 Å². The molecule has 6 heteroatoms. The van der Waals surface area contributed by atoms with Crippen LogP contribution in [-0.2, 0) is 4.74 Å². The summed E-state index contributed by atoms with van der Waals surface area (Å²) in [6, 6.07) is 10.7. The number of hydrogen-bond acceptors (Lipinski definition) is 3.